The van der Waals surface area contributed by atoms with Gasteiger partial charge in [0, 0.05) is 30.6 Å². The molecule has 0 aliphatic heterocycles. The van der Waals surface area contributed by atoms with Gasteiger partial charge in [0.1, 0.15) is 0 Å². The van der Waals surface area contributed by atoms with E-state index >= 15 is 0 Å². The van der Waals surface area contributed by atoms with Gasteiger partial charge >= 0.3 is 0 Å². The second kappa shape index (κ2) is 5.83. The molecular formula is C11H14O2S. The van der Waals surface area contributed by atoms with Crippen LogP contribution in [0.4, 0.5) is 0 Å². The predicted octanol–water partition coefficient (Wildman–Crippen LogP) is 2.58. The van der Waals surface area contributed by atoms with Crippen LogP contribution < -0.4 is 0 Å². The lowest BCUT2D eigenvalue weighted by Crippen LogP contribution is -2.00. The Morgan fingerprint density at radius 1 is 1.36 bits per heavy atom. The van der Waals surface area contributed by atoms with Gasteiger partial charge < -0.3 is 4.74 Å². The maximum absolute atomic E-state index is 11.6. The Morgan fingerprint density at radius 3 is 2.57 bits per heavy atom. The number of ketones is 1. The highest BCUT2D eigenvalue weighted by atomic mass is 32.1. The van der Waals surface area contributed by atoms with Gasteiger partial charge in [-0.2, -0.15) is 0 Å². The fourth-order valence-electron chi connectivity index (χ4n) is 1.17. The lowest BCUT2D eigenvalue weighted by molar-refractivity contribution is 0.0963. The smallest absolute Gasteiger partial charge is 0.162 e. The molecular weight excluding hydrogens is 196 g/mol. The number of rotatable bonds is 5. The number of carbonyl (C=O) groups is 1. The zero-order valence-corrected chi connectivity index (χ0v) is 9.09. The molecule has 1 rings (SSSR count). The van der Waals surface area contributed by atoms with Gasteiger partial charge in [-0.1, -0.05) is 12.1 Å². The topological polar surface area (TPSA) is 26.3 Å². The van der Waals surface area contributed by atoms with Crippen molar-refractivity contribution in [1.82, 2.24) is 0 Å². The maximum atomic E-state index is 11.6. The van der Waals surface area contributed by atoms with Crippen molar-refractivity contribution in [2.75, 3.05) is 13.7 Å². The summed E-state index contributed by atoms with van der Waals surface area (Å²) in [4.78, 5) is 12.4. The standard InChI is InChI=1S/C11H14O2S/c1-13-8-2-3-11(12)9-4-6-10(14)7-5-9/h4-7,14H,2-3,8H2,1H3. The largest absolute Gasteiger partial charge is 0.385 e. The maximum Gasteiger partial charge on any atom is 0.162 e. The first-order valence-electron chi connectivity index (χ1n) is 4.55. The van der Waals surface area contributed by atoms with Crippen LogP contribution in [0.3, 0.4) is 0 Å². The van der Waals surface area contributed by atoms with Gasteiger partial charge in [0.2, 0.25) is 0 Å². The van der Waals surface area contributed by atoms with Crippen molar-refractivity contribution < 1.29 is 9.53 Å². The summed E-state index contributed by atoms with van der Waals surface area (Å²) in [7, 11) is 1.64. The first-order chi connectivity index (χ1) is 6.74. The van der Waals surface area contributed by atoms with Crippen LogP contribution in [0, 0.1) is 0 Å². The molecule has 3 heteroatoms. The molecule has 0 aromatic heterocycles. The van der Waals surface area contributed by atoms with Crippen molar-refractivity contribution in [1.29, 1.82) is 0 Å². The van der Waals surface area contributed by atoms with Crippen molar-refractivity contribution in [3.8, 4) is 0 Å². The normalized spacial score (nSPS) is 10.1. The molecule has 0 aliphatic carbocycles. The molecule has 0 spiro atoms. The summed E-state index contributed by atoms with van der Waals surface area (Å²) >= 11 is 4.15. The molecule has 0 unspecified atom stereocenters. The summed E-state index contributed by atoms with van der Waals surface area (Å²) in [6.45, 7) is 0.635. The predicted molar refractivity (Wildman–Crippen MR) is 59.1 cm³/mol. The summed E-state index contributed by atoms with van der Waals surface area (Å²) in [6.07, 6.45) is 1.32. The van der Waals surface area contributed by atoms with Gasteiger partial charge in [0.05, 0.1) is 0 Å². The number of methoxy groups -OCH3 is 1. The SMILES string of the molecule is COCCCC(=O)c1ccc(S)cc1. The van der Waals surface area contributed by atoms with E-state index in [1.54, 1.807) is 19.2 Å². The van der Waals surface area contributed by atoms with Gasteiger partial charge in [0.25, 0.3) is 0 Å². The number of thiol groups is 1. The third kappa shape index (κ3) is 3.52. The Kier molecular flexibility index (Phi) is 4.70. The van der Waals surface area contributed by atoms with Crippen LogP contribution in [-0.2, 0) is 4.74 Å². The first kappa shape index (κ1) is 11.3. The molecule has 1 aromatic rings. The van der Waals surface area contributed by atoms with E-state index in [9.17, 15) is 4.79 Å². The molecule has 0 atom stereocenters. The van der Waals surface area contributed by atoms with Gasteiger partial charge in [-0.15, -0.1) is 12.6 Å². The minimum atomic E-state index is 0.162. The fourth-order valence-corrected chi connectivity index (χ4v) is 1.32. The Labute approximate surface area is 89.7 Å². The number of carbonyl (C=O) groups excluding carboxylic acids is 1. The van der Waals surface area contributed by atoms with E-state index in [4.69, 9.17) is 4.74 Å². The highest BCUT2D eigenvalue weighted by molar-refractivity contribution is 7.80. The Bertz CT molecular complexity index is 293. The molecule has 0 N–H and O–H groups in total. The van der Waals surface area contributed by atoms with Crippen molar-refractivity contribution in [3.05, 3.63) is 29.8 Å². The van der Waals surface area contributed by atoms with Gasteiger partial charge in [-0.05, 0) is 18.6 Å². The van der Waals surface area contributed by atoms with Crippen LogP contribution in [0.2, 0.25) is 0 Å². The van der Waals surface area contributed by atoms with Crippen LogP contribution in [0.25, 0.3) is 0 Å². The van der Waals surface area contributed by atoms with Gasteiger partial charge in [0.15, 0.2) is 5.78 Å². The van der Waals surface area contributed by atoms with E-state index < -0.39 is 0 Å². The van der Waals surface area contributed by atoms with E-state index in [1.807, 2.05) is 12.1 Å². The molecule has 0 fully saturated rings. The molecule has 0 aliphatic rings. The van der Waals surface area contributed by atoms with E-state index in [1.165, 1.54) is 0 Å². The monoisotopic (exact) mass is 210 g/mol. The van der Waals surface area contributed by atoms with E-state index in [0.29, 0.717) is 13.0 Å². The first-order valence-corrected chi connectivity index (χ1v) is 5.00. The van der Waals surface area contributed by atoms with Crippen molar-refractivity contribution in [2.24, 2.45) is 0 Å². The molecule has 0 heterocycles. The summed E-state index contributed by atoms with van der Waals surface area (Å²) in [5.74, 6) is 0.162. The molecule has 76 valence electrons. The van der Waals surface area contributed by atoms with Crippen LogP contribution in [-0.4, -0.2) is 19.5 Å². The highest BCUT2D eigenvalue weighted by Gasteiger charge is 2.04. The molecule has 1 aromatic carbocycles. The third-order valence-corrected chi connectivity index (χ3v) is 2.24. The lowest BCUT2D eigenvalue weighted by atomic mass is 10.1. The zero-order valence-electron chi connectivity index (χ0n) is 8.19. The minimum Gasteiger partial charge on any atom is -0.385 e. The third-order valence-electron chi connectivity index (χ3n) is 1.94. The van der Waals surface area contributed by atoms with Crippen molar-refractivity contribution >= 4 is 18.4 Å². The number of hydrogen-bond acceptors (Lipinski definition) is 3. The van der Waals surface area contributed by atoms with Crippen molar-refractivity contribution in [3.63, 3.8) is 0 Å². The summed E-state index contributed by atoms with van der Waals surface area (Å²) < 4.78 is 4.88. The van der Waals surface area contributed by atoms with E-state index in [0.717, 1.165) is 16.9 Å². The number of ether oxygens (including phenoxy) is 1. The van der Waals surface area contributed by atoms with Crippen LogP contribution in [0.5, 0.6) is 0 Å². The molecule has 2 nitrogen and oxygen atoms in total. The molecule has 14 heavy (non-hydrogen) atoms. The average molecular weight is 210 g/mol. The number of Topliss-reactive ketones (excluding diaryl/α,β-unsaturated/α-hetero) is 1. The lowest BCUT2D eigenvalue weighted by Gasteiger charge is -2.00. The van der Waals surface area contributed by atoms with E-state index in [2.05, 4.69) is 12.6 Å². The van der Waals surface area contributed by atoms with Gasteiger partial charge in [-0.25, -0.2) is 0 Å². The molecule has 0 amide bonds. The molecule has 0 saturated heterocycles. The van der Waals surface area contributed by atoms with Gasteiger partial charge in [-0.3, -0.25) is 4.79 Å². The summed E-state index contributed by atoms with van der Waals surface area (Å²) in [5.41, 5.74) is 0.749. The quantitative estimate of drug-likeness (QED) is 0.459. The van der Waals surface area contributed by atoms with Crippen LogP contribution in [0.1, 0.15) is 23.2 Å². The molecule has 0 bridgehead atoms. The van der Waals surface area contributed by atoms with Crippen LogP contribution in [0.15, 0.2) is 29.2 Å². The summed E-state index contributed by atoms with van der Waals surface area (Å²) in [5, 5.41) is 0. The highest BCUT2D eigenvalue weighted by Crippen LogP contribution is 2.10. The second-order valence-corrected chi connectivity index (χ2v) is 3.58. The molecule has 0 saturated carbocycles. The zero-order chi connectivity index (χ0) is 10.4. The molecule has 0 radical (unpaired) electrons. The average Bonchev–Trinajstić information content (AvgIpc) is 2.19. The second-order valence-electron chi connectivity index (χ2n) is 3.07. The Morgan fingerprint density at radius 2 is 2.00 bits per heavy atom. The summed E-state index contributed by atoms with van der Waals surface area (Å²) in [6, 6.07) is 7.26. The Hall–Kier alpha value is -0.800. The number of hydrogen-bond donors (Lipinski definition) is 1. The van der Waals surface area contributed by atoms with Crippen molar-refractivity contribution in [2.45, 2.75) is 17.7 Å². The fraction of sp³-hybridized carbons (Fsp3) is 0.364. The van der Waals surface area contributed by atoms with Crippen LogP contribution >= 0.6 is 12.6 Å². The Balaban J connectivity index is 2.48. The van der Waals surface area contributed by atoms with E-state index in [-0.39, 0.29) is 5.78 Å². The number of benzene rings is 1. The minimum absolute atomic E-state index is 0.162.